The molecule has 2 atom stereocenters. The van der Waals surface area contributed by atoms with E-state index in [2.05, 4.69) is 4.98 Å². The summed E-state index contributed by atoms with van der Waals surface area (Å²) in [6.45, 7) is 2.99. The number of likely N-dealkylation sites (tertiary alicyclic amines) is 1. The lowest BCUT2D eigenvalue weighted by molar-refractivity contribution is 0.0249. The number of nitrogens with zero attached hydrogens (tertiary/aromatic N) is 2. The van der Waals surface area contributed by atoms with Crippen molar-refractivity contribution in [1.29, 1.82) is 0 Å². The van der Waals surface area contributed by atoms with Crippen molar-refractivity contribution < 1.29 is 9.90 Å². The smallest absolute Gasteiger partial charge is 0.255 e. The van der Waals surface area contributed by atoms with Gasteiger partial charge in [-0.1, -0.05) is 30.7 Å². The summed E-state index contributed by atoms with van der Waals surface area (Å²) in [6, 6.07) is 11.0. The van der Waals surface area contributed by atoms with Gasteiger partial charge in [-0.2, -0.15) is 0 Å². The van der Waals surface area contributed by atoms with E-state index >= 15 is 0 Å². The van der Waals surface area contributed by atoms with Crippen molar-refractivity contribution in [2.45, 2.75) is 19.4 Å². The van der Waals surface area contributed by atoms with Crippen LogP contribution in [0.2, 0.25) is 5.02 Å². The SMILES string of the molecule is CC1CCN(C(=O)c2cc(-c3ccccn3)ccc2Cl)CC1O. The van der Waals surface area contributed by atoms with Crippen LogP contribution in [0.4, 0.5) is 0 Å². The minimum atomic E-state index is -0.481. The molecule has 0 saturated carbocycles. The van der Waals surface area contributed by atoms with E-state index in [1.54, 1.807) is 23.2 Å². The molecule has 1 aromatic heterocycles. The highest BCUT2D eigenvalue weighted by Crippen LogP contribution is 2.26. The zero-order valence-corrected chi connectivity index (χ0v) is 13.7. The zero-order valence-electron chi connectivity index (χ0n) is 12.9. The summed E-state index contributed by atoms with van der Waals surface area (Å²) in [5.41, 5.74) is 2.10. The third-order valence-electron chi connectivity index (χ3n) is 4.36. The average Bonchev–Trinajstić information content (AvgIpc) is 2.58. The van der Waals surface area contributed by atoms with Crippen LogP contribution in [0.5, 0.6) is 0 Å². The second kappa shape index (κ2) is 6.69. The van der Waals surface area contributed by atoms with E-state index in [-0.39, 0.29) is 11.8 Å². The van der Waals surface area contributed by atoms with Gasteiger partial charge in [0.15, 0.2) is 0 Å². The summed E-state index contributed by atoms with van der Waals surface area (Å²) in [4.78, 5) is 18.7. The molecule has 0 bridgehead atoms. The number of carbonyl (C=O) groups excluding carboxylic acids is 1. The maximum Gasteiger partial charge on any atom is 0.255 e. The number of β-amino-alcohol motifs (C(OH)–C–C–N with tert-alkyl or cyclic N) is 1. The highest BCUT2D eigenvalue weighted by Gasteiger charge is 2.28. The summed E-state index contributed by atoms with van der Waals surface area (Å²) in [7, 11) is 0. The molecule has 4 nitrogen and oxygen atoms in total. The second-order valence-corrected chi connectivity index (χ2v) is 6.40. The summed E-state index contributed by atoms with van der Waals surface area (Å²) >= 11 is 6.23. The molecule has 2 aromatic rings. The van der Waals surface area contributed by atoms with E-state index in [1.165, 1.54) is 0 Å². The Labute approximate surface area is 140 Å². The maximum atomic E-state index is 12.8. The minimum absolute atomic E-state index is 0.140. The lowest BCUT2D eigenvalue weighted by atomic mass is 9.95. The van der Waals surface area contributed by atoms with E-state index in [1.807, 2.05) is 31.2 Å². The third kappa shape index (κ3) is 3.38. The first-order chi connectivity index (χ1) is 11.1. The monoisotopic (exact) mass is 330 g/mol. The molecule has 1 amide bonds. The van der Waals surface area contributed by atoms with E-state index in [9.17, 15) is 9.90 Å². The van der Waals surface area contributed by atoms with Crippen molar-refractivity contribution in [2.24, 2.45) is 5.92 Å². The minimum Gasteiger partial charge on any atom is -0.391 e. The number of aliphatic hydroxyl groups excluding tert-OH is 1. The van der Waals surface area contributed by atoms with E-state index < -0.39 is 6.10 Å². The number of carbonyl (C=O) groups is 1. The number of hydrogen-bond donors (Lipinski definition) is 1. The average molecular weight is 331 g/mol. The lowest BCUT2D eigenvalue weighted by Gasteiger charge is -2.34. The van der Waals surface area contributed by atoms with Gasteiger partial charge in [-0.3, -0.25) is 9.78 Å². The van der Waals surface area contributed by atoms with E-state index in [4.69, 9.17) is 11.6 Å². The van der Waals surface area contributed by atoms with Crippen LogP contribution in [0, 0.1) is 5.92 Å². The van der Waals surface area contributed by atoms with Crippen LogP contribution in [0.1, 0.15) is 23.7 Å². The number of aromatic nitrogens is 1. The molecule has 23 heavy (non-hydrogen) atoms. The molecule has 0 spiro atoms. The first-order valence-electron chi connectivity index (χ1n) is 7.74. The Kier molecular flexibility index (Phi) is 4.64. The molecular weight excluding hydrogens is 312 g/mol. The molecule has 2 heterocycles. The summed E-state index contributed by atoms with van der Waals surface area (Å²) in [5.74, 6) is 0.0770. The highest BCUT2D eigenvalue weighted by molar-refractivity contribution is 6.34. The van der Waals surface area contributed by atoms with Crippen LogP contribution in [0.15, 0.2) is 42.6 Å². The Bertz CT molecular complexity index is 705. The third-order valence-corrected chi connectivity index (χ3v) is 4.69. The topological polar surface area (TPSA) is 53.4 Å². The van der Waals surface area contributed by atoms with Crippen LogP contribution >= 0.6 is 11.6 Å². The van der Waals surface area contributed by atoms with Crippen molar-refractivity contribution >= 4 is 17.5 Å². The van der Waals surface area contributed by atoms with Gasteiger partial charge in [0, 0.05) is 24.8 Å². The van der Waals surface area contributed by atoms with E-state index in [0.717, 1.165) is 17.7 Å². The number of hydrogen-bond acceptors (Lipinski definition) is 3. The number of pyridine rings is 1. The van der Waals surface area contributed by atoms with E-state index in [0.29, 0.717) is 23.7 Å². The van der Waals surface area contributed by atoms with Gasteiger partial charge in [-0.05, 0) is 36.6 Å². The second-order valence-electron chi connectivity index (χ2n) is 5.99. The maximum absolute atomic E-state index is 12.8. The molecule has 0 radical (unpaired) electrons. The summed E-state index contributed by atoms with van der Waals surface area (Å²) in [5, 5.41) is 10.4. The normalized spacial score (nSPS) is 21.3. The Hall–Kier alpha value is -1.91. The van der Waals surface area contributed by atoms with Gasteiger partial charge < -0.3 is 10.0 Å². The van der Waals surface area contributed by atoms with Gasteiger partial charge in [0.2, 0.25) is 0 Å². The van der Waals surface area contributed by atoms with Crippen molar-refractivity contribution in [2.75, 3.05) is 13.1 Å². The first-order valence-corrected chi connectivity index (χ1v) is 8.12. The molecule has 2 unspecified atom stereocenters. The standard InChI is InChI=1S/C18H19ClN2O2/c1-12-7-9-21(11-17(12)22)18(23)14-10-13(5-6-15(14)19)16-4-2-3-8-20-16/h2-6,8,10,12,17,22H,7,9,11H2,1H3. The largest absolute Gasteiger partial charge is 0.391 e. The molecule has 120 valence electrons. The molecule has 1 saturated heterocycles. The molecule has 5 heteroatoms. The van der Waals surface area contributed by atoms with Gasteiger partial charge >= 0.3 is 0 Å². The van der Waals surface area contributed by atoms with Gasteiger partial charge in [0.25, 0.3) is 5.91 Å². The van der Waals surface area contributed by atoms with Crippen molar-refractivity contribution in [1.82, 2.24) is 9.88 Å². The molecular formula is C18H19ClN2O2. The van der Waals surface area contributed by atoms with Crippen LogP contribution in [0.3, 0.4) is 0 Å². The van der Waals surface area contributed by atoms with Crippen LogP contribution in [0.25, 0.3) is 11.3 Å². The quantitative estimate of drug-likeness (QED) is 0.919. The molecule has 1 N–H and O–H groups in total. The van der Waals surface area contributed by atoms with Gasteiger partial charge in [-0.15, -0.1) is 0 Å². The highest BCUT2D eigenvalue weighted by atomic mass is 35.5. The molecule has 1 fully saturated rings. The van der Waals surface area contributed by atoms with Gasteiger partial charge in [0.05, 0.1) is 22.4 Å². The Morgan fingerprint density at radius 1 is 1.35 bits per heavy atom. The fourth-order valence-electron chi connectivity index (χ4n) is 2.79. The molecule has 0 aliphatic carbocycles. The number of amides is 1. The molecule has 1 aliphatic rings. The fourth-order valence-corrected chi connectivity index (χ4v) is 2.98. The predicted octanol–water partition coefficient (Wildman–Crippen LogP) is 3.24. The number of rotatable bonds is 2. The molecule has 1 aliphatic heterocycles. The van der Waals surface area contributed by atoms with Gasteiger partial charge in [-0.25, -0.2) is 0 Å². The van der Waals surface area contributed by atoms with Crippen molar-refractivity contribution in [3.05, 3.63) is 53.2 Å². The number of piperidine rings is 1. The lowest BCUT2D eigenvalue weighted by Crippen LogP contribution is -2.45. The van der Waals surface area contributed by atoms with Gasteiger partial charge in [0.1, 0.15) is 0 Å². The fraction of sp³-hybridized carbons (Fsp3) is 0.333. The molecule has 1 aromatic carbocycles. The Morgan fingerprint density at radius 2 is 2.17 bits per heavy atom. The predicted molar refractivity (Wildman–Crippen MR) is 90.4 cm³/mol. The number of halogens is 1. The first kappa shape index (κ1) is 16.0. The van der Waals surface area contributed by atoms with Crippen LogP contribution < -0.4 is 0 Å². The summed E-state index contributed by atoms with van der Waals surface area (Å²) in [6.07, 6.45) is 2.03. The summed E-state index contributed by atoms with van der Waals surface area (Å²) < 4.78 is 0. The molecule has 3 rings (SSSR count). The van der Waals surface area contributed by atoms with Crippen LogP contribution in [-0.2, 0) is 0 Å². The van der Waals surface area contributed by atoms with Crippen molar-refractivity contribution in [3.63, 3.8) is 0 Å². The van der Waals surface area contributed by atoms with Crippen LogP contribution in [-0.4, -0.2) is 40.1 Å². The Balaban J connectivity index is 1.89. The number of benzene rings is 1. The van der Waals surface area contributed by atoms with Crippen molar-refractivity contribution in [3.8, 4) is 11.3 Å². The zero-order chi connectivity index (χ0) is 16.4. The Morgan fingerprint density at radius 3 is 2.87 bits per heavy atom. The number of aliphatic hydroxyl groups is 1.